The summed E-state index contributed by atoms with van der Waals surface area (Å²) >= 11 is 0. The number of benzene rings is 2. The summed E-state index contributed by atoms with van der Waals surface area (Å²) in [6.45, 7) is 0.550. The molecule has 4 aromatic rings. The number of amides is 1. The highest BCUT2D eigenvalue weighted by atomic mass is 19.4. The molecule has 168 valence electrons. The summed E-state index contributed by atoms with van der Waals surface area (Å²) in [5.74, 6) is 0.0375. The van der Waals surface area contributed by atoms with Crippen LogP contribution in [0, 0.1) is 0 Å². The number of halogens is 3. The zero-order valence-electron chi connectivity index (χ0n) is 17.3. The monoisotopic (exact) mass is 453 g/mol. The number of hydrogen-bond acceptors (Lipinski definition) is 6. The molecule has 2 aromatic carbocycles. The lowest BCUT2D eigenvalue weighted by atomic mass is 10.1. The van der Waals surface area contributed by atoms with Crippen molar-refractivity contribution in [2.45, 2.75) is 12.7 Å². The highest BCUT2D eigenvalue weighted by Gasteiger charge is 2.30. The highest BCUT2D eigenvalue weighted by Crippen LogP contribution is 2.31. The van der Waals surface area contributed by atoms with E-state index in [1.165, 1.54) is 18.5 Å². The van der Waals surface area contributed by atoms with Crippen LogP contribution in [0.5, 0.6) is 11.8 Å². The molecule has 0 radical (unpaired) electrons. The third-order valence-electron chi connectivity index (χ3n) is 4.66. The molecule has 0 fully saturated rings. The van der Waals surface area contributed by atoms with Gasteiger partial charge in [0.15, 0.2) is 0 Å². The maximum absolute atomic E-state index is 12.9. The van der Waals surface area contributed by atoms with E-state index in [-0.39, 0.29) is 17.1 Å². The second-order valence-corrected chi connectivity index (χ2v) is 7.03. The maximum Gasteiger partial charge on any atom is 0.416 e. The van der Waals surface area contributed by atoms with Gasteiger partial charge in [-0.15, -0.1) is 0 Å². The van der Waals surface area contributed by atoms with Gasteiger partial charge in [-0.2, -0.15) is 13.2 Å². The van der Waals surface area contributed by atoms with E-state index in [9.17, 15) is 18.0 Å². The predicted octanol–water partition coefficient (Wildman–Crippen LogP) is 4.81. The van der Waals surface area contributed by atoms with E-state index in [1.54, 1.807) is 43.4 Å². The zero-order valence-corrected chi connectivity index (χ0v) is 17.3. The van der Waals surface area contributed by atoms with Crippen LogP contribution in [0.1, 0.15) is 21.6 Å². The molecule has 0 aliphatic heterocycles. The van der Waals surface area contributed by atoms with Gasteiger partial charge in [0.25, 0.3) is 5.91 Å². The van der Waals surface area contributed by atoms with E-state index >= 15 is 0 Å². The van der Waals surface area contributed by atoms with Crippen molar-refractivity contribution in [2.24, 2.45) is 0 Å². The number of pyridine rings is 1. The molecule has 0 saturated carbocycles. The molecular formula is C23H18F3N5O2. The van der Waals surface area contributed by atoms with Gasteiger partial charge in [0.1, 0.15) is 6.33 Å². The van der Waals surface area contributed by atoms with Crippen molar-refractivity contribution in [3.05, 3.63) is 83.8 Å². The summed E-state index contributed by atoms with van der Waals surface area (Å²) in [5.41, 5.74) is 0.693. The second kappa shape index (κ2) is 9.21. The van der Waals surface area contributed by atoms with Crippen LogP contribution in [-0.2, 0) is 12.7 Å². The molecule has 10 heteroatoms. The molecule has 2 heterocycles. The molecule has 0 unspecified atom stereocenters. The molecule has 0 spiro atoms. The Morgan fingerprint density at radius 1 is 1.00 bits per heavy atom. The van der Waals surface area contributed by atoms with E-state index in [0.29, 0.717) is 23.3 Å². The van der Waals surface area contributed by atoms with Gasteiger partial charge >= 0.3 is 6.18 Å². The number of rotatable bonds is 6. The molecule has 4 rings (SSSR count). The Morgan fingerprint density at radius 2 is 1.82 bits per heavy atom. The number of ether oxygens (including phenoxy) is 1. The third kappa shape index (κ3) is 5.24. The van der Waals surface area contributed by atoms with Crippen LogP contribution in [0.3, 0.4) is 0 Å². The SMILES string of the molecule is CNCc1cc(Oc2ccc3c(C(=O)Nc4cccc(C(F)(F)F)c4)cccc3n2)ncn1. The molecule has 0 aliphatic rings. The largest absolute Gasteiger partial charge is 0.421 e. The highest BCUT2D eigenvalue weighted by molar-refractivity contribution is 6.12. The van der Waals surface area contributed by atoms with Gasteiger partial charge in [-0.25, -0.2) is 15.0 Å². The topological polar surface area (TPSA) is 89.0 Å². The van der Waals surface area contributed by atoms with Crippen molar-refractivity contribution in [2.75, 3.05) is 12.4 Å². The summed E-state index contributed by atoms with van der Waals surface area (Å²) in [7, 11) is 1.80. The average Bonchev–Trinajstić information content (AvgIpc) is 2.78. The smallest absolute Gasteiger partial charge is 0.416 e. The Hall–Kier alpha value is -4.05. The van der Waals surface area contributed by atoms with Gasteiger partial charge in [0.05, 0.1) is 16.8 Å². The normalized spacial score (nSPS) is 11.4. The molecule has 2 aromatic heterocycles. The minimum atomic E-state index is -4.50. The Balaban J connectivity index is 1.57. The number of anilines is 1. The van der Waals surface area contributed by atoms with Crippen LogP contribution >= 0.6 is 0 Å². The van der Waals surface area contributed by atoms with E-state index in [0.717, 1.165) is 17.8 Å². The van der Waals surface area contributed by atoms with Crippen LogP contribution in [-0.4, -0.2) is 27.9 Å². The van der Waals surface area contributed by atoms with Crippen molar-refractivity contribution in [1.29, 1.82) is 0 Å². The Bertz CT molecular complexity index is 1310. The zero-order chi connectivity index (χ0) is 23.4. The van der Waals surface area contributed by atoms with Crippen LogP contribution in [0.15, 0.2) is 67.0 Å². The standard InChI is InChI=1S/C23H18F3N5O2/c1-27-12-16-11-21(29-13-28-16)33-20-9-8-17-18(6-3-7-19(17)31-20)22(32)30-15-5-2-4-14(10-15)23(24,25)26/h2-11,13,27H,12H2,1H3,(H,30,32). The fraction of sp³-hybridized carbons (Fsp3) is 0.130. The number of hydrogen-bond donors (Lipinski definition) is 2. The number of alkyl halides is 3. The first-order valence-corrected chi connectivity index (χ1v) is 9.85. The number of aromatic nitrogens is 3. The molecule has 0 atom stereocenters. The predicted molar refractivity (Wildman–Crippen MR) is 116 cm³/mol. The average molecular weight is 453 g/mol. The fourth-order valence-electron chi connectivity index (χ4n) is 3.18. The fourth-order valence-corrected chi connectivity index (χ4v) is 3.18. The van der Waals surface area contributed by atoms with Crippen molar-refractivity contribution < 1.29 is 22.7 Å². The van der Waals surface area contributed by atoms with E-state index in [2.05, 4.69) is 25.6 Å². The molecule has 2 N–H and O–H groups in total. The molecule has 1 amide bonds. The first-order valence-electron chi connectivity index (χ1n) is 9.85. The van der Waals surface area contributed by atoms with Crippen molar-refractivity contribution in [1.82, 2.24) is 20.3 Å². The number of nitrogens with one attached hydrogen (secondary N) is 2. The van der Waals surface area contributed by atoms with Crippen LogP contribution in [0.25, 0.3) is 10.9 Å². The third-order valence-corrected chi connectivity index (χ3v) is 4.66. The van der Waals surface area contributed by atoms with Crippen LogP contribution in [0.4, 0.5) is 18.9 Å². The lowest BCUT2D eigenvalue weighted by Crippen LogP contribution is -2.13. The number of fused-ring (bicyclic) bond motifs is 1. The van der Waals surface area contributed by atoms with Gasteiger partial charge in [0, 0.05) is 35.3 Å². The minimum absolute atomic E-state index is 0.0425. The van der Waals surface area contributed by atoms with Gasteiger partial charge < -0.3 is 15.4 Å². The van der Waals surface area contributed by atoms with Gasteiger partial charge in [-0.05, 0) is 43.4 Å². The van der Waals surface area contributed by atoms with E-state index < -0.39 is 17.6 Å². The minimum Gasteiger partial charge on any atom is -0.421 e. The van der Waals surface area contributed by atoms with Crippen LogP contribution in [0.2, 0.25) is 0 Å². The van der Waals surface area contributed by atoms with Crippen molar-refractivity contribution in [3.63, 3.8) is 0 Å². The van der Waals surface area contributed by atoms with Gasteiger partial charge in [0.2, 0.25) is 11.8 Å². The first kappa shape index (κ1) is 22.2. The van der Waals surface area contributed by atoms with Crippen molar-refractivity contribution >= 4 is 22.5 Å². The summed E-state index contributed by atoms with van der Waals surface area (Å²) in [6, 6.07) is 14.3. The Morgan fingerprint density at radius 3 is 2.61 bits per heavy atom. The quantitative estimate of drug-likeness (QED) is 0.436. The van der Waals surface area contributed by atoms with E-state index in [4.69, 9.17) is 4.74 Å². The summed E-state index contributed by atoms with van der Waals surface area (Å²) in [5, 5.41) is 6.02. The lowest BCUT2D eigenvalue weighted by molar-refractivity contribution is -0.137. The summed E-state index contributed by atoms with van der Waals surface area (Å²) < 4.78 is 44.6. The number of carbonyl (C=O) groups is 1. The summed E-state index contributed by atoms with van der Waals surface area (Å²) in [4.78, 5) is 25.4. The van der Waals surface area contributed by atoms with Gasteiger partial charge in [-0.1, -0.05) is 12.1 Å². The molecule has 33 heavy (non-hydrogen) atoms. The number of carbonyl (C=O) groups excluding carboxylic acids is 1. The molecular weight excluding hydrogens is 435 g/mol. The second-order valence-electron chi connectivity index (χ2n) is 7.03. The Kier molecular flexibility index (Phi) is 6.18. The molecule has 0 aliphatic carbocycles. The molecule has 7 nitrogen and oxygen atoms in total. The number of nitrogens with zero attached hydrogens (tertiary/aromatic N) is 3. The van der Waals surface area contributed by atoms with E-state index in [1.807, 2.05) is 0 Å². The van der Waals surface area contributed by atoms with Gasteiger partial charge in [-0.3, -0.25) is 4.79 Å². The summed E-state index contributed by atoms with van der Waals surface area (Å²) in [6.07, 6.45) is -3.11. The molecule has 0 saturated heterocycles. The van der Waals surface area contributed by atoms with Crippen LogP contribution < -0.4 is 15.4 Å². The maximum atomic E-state index is 12.9. The first-order chi connectivity index (χ1) is 15.8. The Labute approximate surface area is 186 Å². The van der Waals surface area contributed by atoms with Crippen molar-refractivity contribution in [3.8, 4) is 11.8 Å². The molecule has 0 bridgehead atoms. The lowest BCUT2D eigenvalue weighted by Gasteiger charge is -2.11.